The summed E-state index contributed by atoms with van der Waals surface area (Å²) in [6.07, 6.45) is 0. The third-order valence-corrected chi connectivity index (χ3v) is 6.78. The normalized spacial score (nSPS) is 12.8. The zero-order chi connectivity index (χ0) is 22.7. The molecule has 0 fully saturated rings. The molecule has 0 spiro atoms. The van der Waals surface area contributed by atoms with Crippen molar-refractivity contribution >= 4 is 27.3 Å². The number of benzene rings is 3. The number of anilines is 2. The molecule has 0 saturated heterocycles. The second kappa shape index (κ2) is 8.88. The second-order valence-electron chi connectivity index (χ2n) is 7.08. The first-order valence-electron chi connectivity index (χ1n) is 9.86. The van der Waals surface area contributed by atoms with Crippen molar-refractivity contribution in [3.63, 3.8) is 0 Å². The van der Waals surface area contributed by atoms with Crippen LogP contribution in [0.2, 0.25) is 0 Å². The van der Waals surface area contributed by atoms with Crippen molar-refractivity contribution < 1.29 is 27.1 Å². The van der Waals surface area contributed by atoms with Crippen molar-refractivity contribution in [1.82, 2.24) is 0 Å². The molecule has 0 aliphatic carbocycles. The Morgan fingerprint density at radius 1 is 0.906 bits per heavy atom. The molecule has 1 heterocycles. The van der Waals surface area contributed by atoms with Gasteiger partial charge in [-0.25, -0.2) is 12.8 Å². The lowest BCUT2D eigenvalue weighted by Gasteiger charge is -2.27. The molecule has 7 nitrogen and oxygen atoms in total. The van der Waals surface area contributed by atoms with Crippen molar-refractivity contribution in [1.29, 1.82) is 0 Å². The van der Waals surface area contributed by atoms with Crippen LogP contribution in [0.1, 0.15) is 0 Å². The predicted molar refractivity (Wildman–Crippen MR) is 118 cm³/mol. The van der Waals surface area contributed by atoms with Gasteiger partial charge in [0.25, 0.3) is 10.0 Å². The zero-order valence-electron chi connectivity index (χ0n) is 17.3. The summed E-state index contributed by atoms with van der Waals surface area (Å²) in [5.41, 5.74) is 0.782. The molecule has 0 N–H and O–H groups in total. The number of rotatable bonds is 6. The summed E-state index contributed by atoms with van der Waals surface area (Å²) in [5, 5.41) is 0. The Morgan fingerprint density at radius 3 is 2.25 bits per heavy atom. The van der Waals surface area contributed by atoms with Crippen LogP contribution in [0.5, 0.6) is 11.5 Å². The number of ether oxygens (including phenoxy) is 2. The fourth-order valence-corrected chi connectivity index (χ4v) is 4.69. The van der Waals surface area contributed by atoms with E-state index < -0.39 is 28.3 Å². The molecule has 1 aliphatic rings. The summed E-state index contributed by atoms with van der Waals surface area (Å²) in [4.78, 5) is 14.3. The van der Waals surface area contributed by atoms with Gasteiger partial charge in [0.1, 0.15) is 25.6 Å². The molecule has 166 valence electrons. The number of hydrogen-bond donors (Lipinski definition) is 0. The molecule has 3 aromatic rings. The summed E-state index contributed by atoms with van der Waals surface area (Å²) in [5.74, 6) is -0.215. The highest BCUT2D eigenvalue weighted by molar-refractivity contribution is 7.92. The highest BCUT2D eigenvalue weighted by Gasteiger charge is 2.30. The van der Waals surface area contributed by atoms with Gasteiger partial charge in [-0.15, -0.1) is 0 Å². The summed E-state index contributed by atoms with van der Waals surface area (Å²) >= 11 is 0. The van der Waals surface area contributed by atoms with Crippen LogP contribution in [0.25, 0.3) is 0 Å². The van der Waals surface area contributed by atoms with Crippen molar-refractivity contribution in [2.45, 2.75) is 4.90 Å². The largest absolute Gasteiger partial charge is 0.486 e. The van der Waals surface area contributed by atoms with Gasteiger partial charge in [0.15, 0.2) is 11.5 Å². The summed E-state index contributed by atoms with van der Waals surface area (Å²) in [6, 6.07) is 18.1. The van der Waals surface area contributed by atoms with Gasteiger partial charge in [-0.1, -0.05) is 18.2 Å². The van der Waals surface area contributed by atoms with E-state index >= 15 is 0 Å². The third-order valence-electron chi connectivity index (χ3n) is 5.01. The van der Waals surface area contributed by atoms with E-state index in [4.69, 9.17) is 9.47 Å². The van der Waals surface area contributed by atoms with Gasteiger partial charge in [0, 0.05) is 18.8 Å². The van der Waals surface area contributed by atoms with Crippen molar-refractivity contribution in [2.75, 3.05) is 36.0 Å². The van der Waals surface area contributed by atoms with Crippen molar-refractivity contribution in [3.05, 3.63) is 78.6 Å². The van der Waals surface area contributed by atoms with E-state index in [-0.39, 0.29) is 10.6 Å². The summed E-state index contributed by atoms with van der Waals surface area (Å²) in [7, 11) is -2.62. The Labute approximate surface area is 185 Å². The van der Waals surface area contributed by atoms with E-state index in [1.165, 1.54) is 35.2 Å². The molecule has 0 unspecified atom stereocenters. The van der Waals surface area contributed by atoms with Gasteiger partial charge in [-0.3, -0.25) is 9.10 Å². The fourth-order valence-electron chi connectivity index (χ4n) is 3.26. The van der Waals surface area contributed by atoms with Gasteiger partial charge in [0.05, 0.1) is 10.6 Å². The molecule has 0 aromatic heterocycles. The molecule has 0 atom stereocenters. The van der Waals surface area contributed by atoms with E-state index in [0.29, 0.717) is 30.4 Å². The molecule has 9 heteroatoms. The summed E-state index contributed by atoms with van der Waals surface area (Å²) < 4.78 is 52.5. The zero-order valence-corrected chi connectivity index (χ0v) is 18.1. The van der Waals surface area contributed by atoms with E-state index in [1.54, 1.807) is 31.3 Å². The maximum atomic E-state index is 13.6. The molecular formula is C23H21FN2O5S. The maximum absolute atomic E-state index is 13.6. The smallest absolute Gasteiger partial charge is 0.264 e. The average Bonchev–Trinajstić information content (AvgIpc) is 2.82. The number of sulfonamides is 1. The Bertz CT molecular complexity index is 1220. The first kappa shape index (κ1) is 21.6. The van der Waals surface area contributed by atoms with E-state index in [2.05, 4.69) is 0 Å². The van der Waals surface area contributed by atoms with Gasteiger partial charge in [-0.2, -0.15) is 0 Å². The minimum atomic E-state index is -4.18. The van der Waals surface area contributed by atoms with Crippen LogP contribution in [-0.4, -0.2) is 41.1 Å². The van der Waals surface area contributed by atoms with E-state index in [1.807, 2.05) is 6.07 Å². The lowest BCUT2D eigenvalue weighted by Crippen LogP contribution is -2.41. The SMILES string of the molecule is CN(C(=O)CN(c1ccc(F)cc1)S(=O)(=O)c1ccc2c(c1)OCCO2)c1ccccc1. The highest BCUT2D eigenvalue weighted by atomic mass is 32.2. The quantitative estimate of drug-likeness (QED) is 0.568. The van der Waals surface area contributed by atoms with Crippen LogP contribution >= 0.6 is 0 Å². The first-order chi connectivity index (χ1) is 15.4. The van der Waals surface area contributed by atoms with Crippen molar-refractivity contribution in [2.24, 2.45) is 0 Å². The molecule has 3 aromatic carbocycles. The third kappa shape index (κ3) is 4.38. The Balaban J connectivity index is 1.70. The predicted octanol–water partition coefficient (Wildman–Crippen LogP) is 3.46. The summed E-state index contributed by atoms with van der Waals surface area (Å²) in [6.45, 7) is 0.202. The molecule has 1 aliphatic heterocycles. The number of carbonyl (C=O) groups is 1. The Hall–Kier alpha value is -3.59. The fraction of sp³-hybridized carbons (Fsp3) is 0.174. The number of nitrogens with zero attached hydrogens (tertiary/aromatic N) is 2. The molecular weight excluding hydrogens is 435 g/mol. The van der Waals surface area contributed by atoms with Gasteiger partial charge >= 0.3 is 0 Å². The molecule has 0 saturated carbocycles. The van der Waals surface area contributed by atoms with Gasteiger partial charge < -0.3 is 14.4 Å². The van der Waals surface area contributed by atoms with Crippen LogP contribution in [0.4, 0.5) is 15.8 Å². The van der Waals surface area contributed by atoms with Gasteiger partial charge in [0.2, 0.25) is 5.91 Å². The molecule has 4 rings (SSSR count). The number of likely N-dealkylation sites (N-methyl/N-ethyl adjacent to an activating group) is 1. The molecule has 1 amide bonds. The molecule has 0 radical (unpaired) electrons. The van der Waals surface area contributed by atoms with Crippen LogP contribution in [-0.2, 0) is 14.8 Å². The van der Waals surface area contributed by atoms with Crippen LogP contribution in [0, 0.1) is 5.82 Å². The number of carbonyl (C=O) groups excluding carboxylic acids is 1. The van der Waals surface area contributed by atoms with Crippen molar-refractivity contribution in [3.8, 4) is 11.5 Å². The number of halogens is 1. The monoisotopic (exact) mass is 456 g/mol. The highest BCUT2D eigenvalue weighted by Crippen LogP contribution is 2.34. The minimum Gasteiger partial charge on any atom is -0.486 e. The second-order valence-corrected chi connectivity index (χ2v) is 8.94. The minimum absolute atomic E-state index is 0.0683. The van der Waals surface area contributed by atoms with Crippen LogP contribution < -0.4 is 18.7 Å². The maximum Gasteiger partial charge on any atom is 0.264 e. The van der Waals surface area contributed by atoms with Crippen LogP contribution in [0.3, 0.4) is 0 Å². The lowest BCUT2D eigenvalue weighted by atomic mass is 10.3. The first-order valence-corrected chi connectivity index (χ1v) is 11.3. The average molecular weight is 456 g/mol. The number of amides is 1. The lowest BCUT2D eigenvalue weighted by molar-refractivity contribution is -0.116. The van der Waals surface area contributed by atoms with Crippen LogP contribution in [0.15, 0.2) is 77.7 Å². The number of para-hydroxylation sites is 1. The van der Waals surface area contributed by atoms with E-state index in [9.17, 15) is 17.6 Å². The topological polar surface area (TPSA) is 76.2 Å². The molecule has 0 bridgehead atoms. The van der Waals surface area contributed by atoms with E-state index in [0.717, 1.165) is 16.4 Å². The number of fused-ring (bicyclic) bond motifs is 1. The molecule has 32 heavy (non-hydrogen) atoms. The van der Waals surface area contributed by atoms with Gasteiger partial charge in [-0.05, 0) is 48.5 Å². The Kier molecular flexibility index (Phi) is 6.00. The Morgan fingerprint density at radius 2 is 1.56 bits per heavy atom. The standard InChI is InChI=1S/C23H21FN2O5S/c1-25(18-5-3-2-4-6-18)23(27)16-26(19-9-7-17(24)8-10-19)32(28,29)20-11-12-21-22(15-20)31-14-13-30-21/h2-12,15H,13-14,16H2,1H3. The number of hydrogen-bond acceptors (Lipinski definition) is 5.